The van der Waals surface area contributed by atoms with Crippen molar-refractivity contribution in [2.75, 3.05) is 0 Å². The van der Waals surface area contributed by atoms with E-state index in [4.69, 9.17) is 9.97 Å². The second-order valence-corrected chi connectivity index (χ2v) is 19.3. The van der Waals surface area contributed by atoms with Gasteiger partial charge in [-0.05, 0) is 95.6 Å². The molecule has 5 aromatic heterocycles. The molecule has 0 amide bonds. The lowest BCUT2D eigenvalue weighted by atomic mass is 9.96. The predicted octanol–water partition coefficient (Wildman–Crippen LogP) is 18.1. The number of fused-ring (bicyclic) bond motifs is 9. The zero-order valence-corrected chi connectivity index (χ0v) is 40.7. The first-order chi connectivity index (χ1) is 37.2. The highest BCUT2D eigenvalue weighted by molar-refractivity contribution is 6.14. The molecule has 0 bridgehead atoms. The molecule has 5 heteroatoms. The molecule has 0 aliphatic heterocycles. The normalized spacial score (nSPS) is 11.7. The summed E-state index contributed by atoms with van der Waals surface area (Å²) in [5.74, 6) is 0. The third kappa shape index (κ3) is 6.93. The van der Waals surface area contributed by atoms with Crippen molar-refractivity contribution in [2.45, 2.75) is 0 Å². The Morgan fingerprint density at radius 3 is 1.09 bits per heavy atom. The van der Waals surface area contributed by atoms with Gasteiger partial charge in [0, 0.05) is 72.1 Å². The molecular formula is C70H45N5. The van der Waals surface area contributed by atoms with Gasteiger partial charge >= 0.3 is 0 Å². The highest BCUT2D eigenvalue weighted by Gasteiger charge is 2.24. The Morgan fingerprint density at radius 2 is 0.640 bits per heavy atom. The predicted molar refractivity (Wildman–Crippen MR) is 312 cm³/mol. The topological polar surface area (TPSA) is 40.6 Å². The standard InChI is InChI=1S/C70H45N5/c1-4-18-48(19-5-1)61-42-51(43-62(72-61)49-20-6-2-7-21-49)46-32-34-47(35-33-46)54-40-41-71-69(50-22-8-3-9-23-50)70(54)75-67-38-36-52(73-63-28-14-10-24-55(63)56-25-11-15-29-64(56)73)44-59(67)60-45-53(37-39-68(60)75)74-65-30-16-12-26-57(65)58-27-13-17-31-66(58)74/h1-45H. The number of pyridine rings is 2. The summed E-state index contributed by atoms with van der Waals surface area (Å²) in [4.78, 5) is 10.4. The lowest BCUT2D eigenvalue weighted by Gasteiger charge is -2.19. The second-order valence-electron chi connectivity index (χ2n) is 19.3. The smallest absolute Gasteiger partial charge is 0.0948 e. The molecule has 0 saturated carbocycles. The van der Waals surface area contributed by atoms with Crippen LogP contribution in [-0.4, -0.2) is 23.7 Å². The van der Waals surface area contributed by atoms with Crippen LogP contribution < -0.4 is 0 Å². The molecule has 350 valence electrons. The van der Waals surface area contributed by atoms with Crippen LogP contribution in [0.15, 0.2) is 273 Å². The maximum absolute atomic E-state index is 5.26. The maximum atomic E-state index is 5.26. The van der Waals surface area contributed by atoms with Crippen LogP contribution in [0.1, 0.15) is 0 Å². The van der Waals surface area contributed by atoms with E-state index in [1.165, 1.54) is 43.6 Å². The zero-order chi connectivity index (χ0) is 49.4. The number of benzene rings is 10. The van der Waals surface area contributed by atoms with Crippen LogP contribution in [0.2, 0.25) is 0 Å². The summed E-state index contributed by atoms with van der Waals surface area (Å²) < 4.78 is 7.31. The molecule has 15 aromatic rings. The fourth-order valence-corrected chi connectivity index (χ4v) is 11.7. The Kier molecular flexibility index (Phi) is 9.82. The van der Waals surface area contributed by atoms with Crippen molar-refractivity contribution in [1.82, 2.24) is 23.7 Å². The minimum absolute atomic E-state index is 0.906. The van der Waals surface area contributed by atoms with E-state index in [0.29, 0.717) is 0 Å². The van der Waals surface area contributed by atoms with Crippen LogP contribution >= 0.6 is 0 Å². The van der Waals surface area contributed by atoms with Crippen molar-refractivity contribution in [3.8, 4) is 73.1 Å². The van der Waals surface area contributed by atoms with Gasteiger partial charge in [0.25, 0.3) is 0 Å². The van der Waals surface area contributed by atoms with Gasteiger partial charge in [0.1, 0.15) is 0 Å². The number of hydrogen-bond acceptors (Lipinski definition) is 2. The summed E-state index contributed by atoms with van der Waals surface area (Å²) in [6, 6.07) is 96.2. The third-order valence-electron chi connectivity index (χ3n) is 15.1. The molecule has 10 aromatic carbocycles. The molecule has 0 unspecified atom stereocenters. The van der Waals surface area contributed by atoms with Gasteiger partial charge in [0.05, 0.1) is 55.9 Å². The summed E-state index contributed by atoms with van der Waals surface area (Å²) in [5, 5.41) is 7.24. The van der Waals surface area contributed by atoms with E-state index in [-0.39, 0.29) is 0 Å². The van der Waals surface area contributed by atoms with Crippen molar-refractivity contribution in [2.24, 2.45) is 0 Å². The van der Waals surface area contributed by atoms with E-state index in [0.717, 1.165) is 94.9 Å². The van der Waals surface area contributed by atoms with Crippen LogP contribution in [0.25, 0.3) is 139 Å². The van der Waals surface area contributed by atoms with Gasteiger partial charge in [0.2, 0.25) is 0 Å². The molecule has 75 heavy (non-hydrogen) atoms. The quantitative estimate of drug-likeness (QED) is 0.152. The molecule has 0 spiro atoms. The van der Waals surface area contributed by atoms with Crippen LogP contribution in [0.5, 0.6) is 0 Å². The van der Waals surface area contributed by atoms with E-state index >= 15 is 0 Å². The molecule has 0 N–H and O–H groups in total. The average molecular weight is 956 g/mol. The Hall–Kier alpha value is -10.1. The Labute approximate surface area is 433 Å². The van der Waals surface area contributed by atoms with Crippen molar-refractivity contribution in [3.05, 3.63) is 273 Å². The lowest BCUT2D eigenvalue weighted by Crippen LogP contribution is -2.03. The minimum Gasteiger partial charge on any atom is -0.309 e. The molecule has 5 heterocycles. The highest BCUT2D eigenvalue weighted by atomic mass is 15.0. The van der Waals surface area contributed by atoms with Crippen molar-refractivity contribution < 1.29 is 0 Å². The number of nitrogens with zero attached hydrogens (tertiary/aromatic N) is 5. The summed E-state index contributed by atoms with van der Waals surface area (Å²) in [5.41, 5.74) is 20.5. The van der Waals surface area contributed by atoms with Gasteiger partial charge in [-0.3, -0.25) is 4.98 Å². The molecule has 0 radical (unpaired) electrons. The van der Waals surface area contributed by atoms with Crippen LogP contribution in [0.3, 0.4) is 0 Å². The first-order valence-corrected chi connectivity index (χ1v) is 25.6. The van der Waals surface area contributed by atoms with Crippen molar-refractivity contribution in [1.29, 1.82) is 0 Å². The molecule has 0 atom stereocenters. The van der Waals surface area contributed by atoms with Crippen LogP contribution in [0.4, 0.5) is 0 Å². The first-order valence-electron chi connectivity index (χ1n) is 25.6. The third-order valence-corrected chi connectivity index (χ3v) is 15.1. The van der Waals surface area contributed by atoms with E-state index in [1.807, 2.05) is 6.20 Å². The molecule has 5 nitrogen and oxygen atoms in total. The van der Waals surface area contributed by atoms with E-state index in [1.54, 1.807) is 0 Å². The average Bonchev–Trinajstić information content (AvgIpc) is 4.13. The zero-order valence-electron chi connectivity index (χ0n) is 40.7. The number of hydrogen-bond donors (Lipinski definition) is 0. The van der Waals surface area contributed by atoms with E-state index < -0.39 is 0 Å². The Morgan fingerprint density at radius 1 is 0.253 bits per heavy atom. The van der Waals surface area contributed by atoms with Gasteiger partial charge in [-0.15, -0.1) is 0 Å². The van der Waals surface area contributed by atoms with Gasteiger partial charge in [-0.1, -0.05) is 188 Å². The van der Waals surface area contributed by atoms with E-state index in [2.05, 4.69) is 281 Å². The minimum atomic E-state index is 0.906. The van der Waals surface area contributed by atoms with Gasteiger partial charge < -0.3 is 13.7 Å². The summed E-state index contributed by atoms with van der Waals surface area (Å²) >= 11 is 0. The van der Waals surface area contributed by atoms with Gasteiger partial charge in [-0.25, -0.2) is 4.98 Å². The maximum Gasteiger partial charge on any atom is 0.0948 e. The molecule has 0 aliphatic rings. The monoisotopic (exact) mass is 955 g/mol. The fourth-order valence-electron chi connectivity index (χ4n) is 11.7. The number of aromatic nitrogens is 5. The summed E-state index contributed by atoms with van der Waals surface area (Å²) in [6.45, 7) is 0. The van der Waals surface area contributed by atoms with Gasteiger partial charge in [-0.2, -0.15) is 0 Å². The fraction of sp³-hybridized carbons (Fsp3) is 0. The lowest BCUT2D eigenvalue weighted by molar-refractivity contribution is 1.14. The number of rotatable bonds is 8. The second kappa shape index (κ2) is 17.3. The SMILES string of the molecule is c1ccc(-c2cc(-c3ccc(-c4ccnc(-c5ccccc5)c4-n4c5ccc(-n6c7ccccc7c7ccccc76)cc5c5cc(-n6c7ccccc7c7ccccc76)ccc54)cc3)cc(-c3ccccc3)n2)cc1. The number of para-hydroxylation sites is 4. The molecule has 0 aliphatic carbocycles. The first kappa shape index (κ1) is 42.6. The van der Waals surface area contributed by atoms with Gasteiger partial charge in [0.15, 0.2) is 0 Å². The summed E-state index contributed by atoms with van der Waals surface area (Å²) in [7, 11) is 0. The van der Waals surface area contributed by atoms with Crippen LogP contribution in [-0.2, 0) is 0 Å². The largest absolute Gasteiger partial charge is 0.309 e. The van der Waals surface area contributed by atoms with Crippen molar-refractivity contribution >= 4 is 65.4 Å². The summed E-state index contributed by atoms with van der Waals surface area (Å²) in [6.07, 6.45) is 1.96. The molecule has 0 saturated heterocycles. The molecular weight excluding hydrogens is 911 g/mol. The van der Waals surface area contributed by atoms with Crippen LogP contribution in [0, 0.1) is 0 Å². The molecule has 0 fully saturated rings. The van der Waals surface area contributed by atoms with E-state index in [9.17, 15) is 0 Å². The molecule has 15 rings (SSSR count). The Bertz CT molecular complexity index is 4340. The van der Waals surface area contributed by atoms with Crippen molar-refractivity contribution in [3.63, 3.8) is 0 Å². The highest BCUT2D eigenvalue weighted by Crippen LogP contribution is 2.44. The Balaban J connectivity index is 0.973.